The van der Waals surface area contributed by atoms with Gasteiger partial charge in [0.25, 0.3) is 0 Å². The molecule has 2 aromatic heterocycles. The number of anilines is 1. The van der Waals surface area contributed by atoms with E-state index in [0.29, 0.717) is 47.9 Å². The lowest BCUT2D eigenvalue weighted by Crippen LogP contribution is -2.50. The molecule has 0 radical (unpaired) electrons. The maximum Gasteiger partial charge on any atom is 0.408 e. The van der Waals surface area contributed by atoms with Crippen molar-refractivity contribution in [1.82, 2.24) is 29.5 Å². The van der Waals surface area contributed by atoms with Crippen LogP contribution in [0.3, 0.4) is 0 Å². The van der Waals surface area contributed by atoms with Crippen LogP contribution in [0.5, 0.6) is 11.5 Å². The first-order valence-corrected chi connectivity index (χ1v) is 12.7. The summed E-state index contributed by atoms with van der Waals surface area (Å²) in [6.45, 7) is 6.00. The molecular weight excluding hydrogens is 498 g/mol. The lowest BCUT2D eigenvalue weighted by molar-refractivity contribution is -0.132. The number of carbonyl (C=O) groups excluding carboxylic acids is 1. The molecule has 11 nitrogen and oxygen atoms in total. The SMILES string of the molecule is CC(C)(C)N(CC(=O)N1CC[C@@H](n2ncc3c(N)nc(-c4ccc(Oc5ccccc5)cc4)nc32)C1)C(=O)O. The first-order chi connectivity index (χ1) is 18.6. The van der Waals surface area contributed by atoms with E-state index in [2.05, 4.69) is 10.1 Å². The van der Waals surface area contributed by atoms with Gasteiger partial charge in [-0.1, -0.05) is 18.2 Å². The van der Waals surface area contributed by atoms with Crippen LogP contribution in [0.1, 0.15) is 33.2 Å². The van der Waals surface area contributed by atoms with Crippen molar-refractivity contribution in [3.05, 3.63) is 60.8 Å². The number of likely N-dealkylation sites (tertiary alicyclic amines) is 1. The first kappa shape index (κ1) is 26.0. The summed E-state index contributed by atoms with van der Waals surface area (Å²) in [5.41, 5.74) is 6.96. The lowest BCUT2D eigenvalue weighted by atomic mass is 10.1. The molecule has 3 N–H and O–H groups in total. The monoisotopic (exact) mass is 529 g/mol. The zero-order valence-corrected chi connectivity index (χ0v) is 22.1. The highest BCUT2D eigenvalue weighted by atomic mass is 16.5. The van der Waals surface area contributed by atoms with Gasteiger partial charge in [0.2, 0.25) is 5.91 Å². The van der Waals surface area contributed by atoms with Gasteiger partial charge in [-0.3, -0.25) is 9.69 Å². The Balaban J connectivity index is 1.34. The molecule has 0 saturated carbocycles. The number of ether oxygens (including phenoxy) is 1. The Morgan fingerprint density at radius 1 is 1.08 bits per heavy atom. The van der Waals surface area contributed by atoms with Gasteiger partial charge in [-0.15, -0.1) is 0 Å². The van der Waals surface area contributed by atoms with Crippen molar-refractivity contribution >= 4 is 28.9 Å². The molecule has 11 heteroatoms. The highest BCUT2D eigenvalue weighted by Crippen LogP contribution is 2.30. The number of rotatable bonds is 6. The van der Waals surface area contributed by atoms with Crippen LogP contribution in [0.15, 0.2) is 60.8 Å². The van der Waals surface area contributed by atoms with E-state index in [1.165, 1.54) is 0 Å². The molecule has 1 aliphatic rings. The van der Waals surface area contributed by atoms with Crippen molar-refractivity contribution in [2.24, 2.45) is 0 Å². The number of amides is 2. The molecule has 3 heterocycles. The second kappa shape index (κ2) is 10.2. The van der Waals surface area contributed by atoms with Crippen molar-refractivity contribution in [2.45, 2.75) is 38.8 Å². The standard InChI is InChI=1S/C28H31N7O4/c1-28(2,3)34(27(37)38)17-23(36)33-14-13-19(16-33)35-26-22(15-30-35)24(29)31-25(32-26)18-9-11-21(12-10-18)39-20-7-5-4-6-8-20/h4-12,15,19H,13-14,16-17H2,1-3H3,(H,37,38)(H2,29,31,32)/t19-/m1/s1. The van der Waals surface area contributed by atoms with E-state index >= 15 is 0 Å². The smallest absolute Gasteiger partial charge is 0.408 e. The maximum atomic E-state index is 13.0. The molecule has 0 spiro atoms. The average Bonchev–Trinajstić information content (AvgIpc) is 3.55. The highest BCUT2D eigenvalue weighted by molar-refractivity contribution is 5.87. The number of nitrogen functional groups attached to an aromatic ring is 1. The van der Waals surface area contributed by atoms with Crippen LogP contribution in [-0.2, 0) is 4.79 Å². The zero-order valence-electron chi connectivity index (χ0n) is 22.1. The van der Waals surface area contributed by atoms with Crippen LogP contribution in [0, 0.1) is 0 Å². The molecular formula is C28H31N7O4. The molecule has 1 aliphatic heterocycles. The van der Waals surface area contributed by atoms with Gasteiger partial charge in [-0.2, -0.15) is 5.10 Å². The maximum absolute atomic E-state index is 13.0. The summed E-state index contributed by atoms with van der Waals surface area (Å²) < 4.78 is 7.66. The minimum absolute atomic E-state index is 0.122. The van der Waals surface area contributed by atoms with Gasteiger partial charge in [0.15, 0.2) is 11.5 Å². The van der Waals surface area contributed by atoms with Gasteiger partial charge in [0.05, 0.1) is 17.6 Å². The van der Waals surface area contributed by atoms with Gasteiger partial charge >= 0.3 is 6.09 Å². The Morgan fingerprint density at radius 3 is 2.44 bits per heavy atom. The van der Waals surface area contributed by atoms with E-state index in [1.807, 2.05) is 54.6 Å². The van der Waals surface area contributed by atoms with Gasteiger partial charge in [0, 0.05) is 24.2 Å². The number of para-hydroxylation sites is 1. The third-order valence-electron chi connectivity index (χ3n) is 6.77. The predicted octanol–water partition coefficient (Wildman–Crippen LogP) is 4.42. The second-order valence-electron chi connectivity index (χ2n) is 10.5. The quantitative estimate of drug-likeness (QED) is 0.374. The van der Waals surface area contributed by atoms with Crippen molar-refractivity contribution in [3.8, 4) is 22.9 Å². The minimum Gasteiger partial charge on any atom is -0.465 e. The van der Waals surface area contributed by atoms with Crippen LogP contribution in [0.4, 0.5) is 10.6 Å². The summed E-state index contributed by atoms with van der Waals surface area (Å²) in [6.07, 6.45) is 1.18. The first-order valence-electron chi connectivity index (χ1n) is 12.7. The van der Waals surface area contributed by atoms with E-state index < -0.39 is 11.6 Å². The summed E-state index contributed by atoms with van der Waals surface area (Å²) in [5.74, 6) is 1.97. The number of nitrogens with two attached hydrogens (primary N) is 1. The number of fused-ring (bicyclic) bond motifs is 1. The van der Waals surface area contributed by atoms with Gasteiger partial charge in [-0.05, 0) is 63.6 Å². The molecule has 2 aromatic carbocycles. The van der Waals surface area contributed by atoms with Gasteiger partial charge in [0.1, 0.15) is 23.9 Å². The van der Waals surface area contributed by atoms with E-state index in [9.17, 15) is 14.7 Å². The number of aromatic nitrogens is 4. The molecule has 39 heavy (non-hydrogen) atoms. The molecule has 1 fully saturated rings. The summed E-state index contributed by atoms with van der Waals surface area (Å²) in [7, 11) is 0. The molecule has 0 unspecified atom stereocenters. The van der Waals surface area contributed by atoms with Crippen molar-refractivity contribution in [1.29, 1.82) is 0 Å². The van der Waals surface area contributed by atoms with E-state index in [0.717, 1.165) is 16.2 Å². The predicted molar refractivity (Wildman–Crippen MR) is 146 cm³/mol. The van der Waals surface area contributed by atoms with Crippen LogP contribution < -0.4 is 10.5 Å². The fourth-order valence-corrected chi connectivity index (χ4v) is 4.64. The number of carbonyl (C=O) groups is 2. The summed E-state index contributed by atoms with van der Waals surface area (Å²) in [4.78, 5) is 36.7. The molecule has 5 rings (SSSR count). The zero-order chi connectivity index (χ0) is 27.7. The summed E-state index contributed by atoms with van der Waals surface area (Å²) in [5, 5.41) is 14.7. The van der Waals surface area contributed by atoms with Crippen molar-refractivity contribution in [3.63, 3.8) is 0 Å². The van der Waals surface area contributed by atoms with E-state index in [4.69, 9.17) is 15.5 Å². The number of nitrogens with zero attached hydrogens (tertiary/aromatic N) is 6. The normalized spacial score (nSPS) is 15.5. The van der Waals surface area contributed by atoms with Crippen LogP contribution in [0.25, 0.3) is 22.4 Å². The lowest BCUT2D eigenvalue weighted by Gasteiger charge is -2.33. The van der Waals surface area contributed by atoms with E-state index in [1.54, 1.807) is 36.5 Å². The third-order valence-corrected chi connectivity index (χ3v) is 6.77. The third kappa shape index (κ3) is 5.47. The van der Waals surface area contributed by atoms with Crippen LogP contribution in [0.2, 0.25) is 0 Å². The van der Waals surface area contributed by atoms with Gasteiger partial charge in [-0.25, -0.2) is 19.4 Å². The Bertz CT molecular complexity index is 1500. The van der Waals surface area contributed by atoms with E-state index in [-0.39, 0.29) is 18.5 Å². The topological polar surface area (TPSA) is 140 Å². The summed E-state index contributed by atoms with van der Waals surface area (Å²) >= 11 is 0. The number of benzene rings is 2. The molecule has 0 aliphatic carbocycles. The number of hydrogen-bond acceptors (Lipinski definition) is 7. The molecule has 1 atom stereocenters. The molecule has 0 bridgehead atoms. The summed E-state index contributed by atoms with van der Waals surface area (Å²) in [6, 6.07) is 16.8. The number of carboxylic acid groups (broad SMARTS) is 1. The minimum atomic E-state index is -1.12. The Morgan fingerprint density at radius 2 is 1.77 bits per heavy atom. The Kier molecular flexibility index (Phi) is 6.81. The average molecular weight is 530 g/mol. The Labute approximate surface area is 225 Å². The molecule has 4 aromatic rings. The Hall–Kier alpha value is -4.67. The molecule has 202 valence electrons. The number of hydrogen-bond donors (Lipinski definition) is 2. The molecule has 1 saturated heterocycles. The van der Waals surface area contributed by atoms with Crippen molar-refractivity contribution < 1.29 is 19.4 Å². The molecule has 2 amide bonds. The highest BCUT2D eigenvalue weighted by Gasteiger charge is 2.34. The van der Waals surface area contributed by atoms with Gasteiger partial charge < -0.3 is 20.5 Å². The largest absolute Gasteiger partial charge is 0.465 e. The van der Waals surface area contributed by atoms with Crippen LogP contribution >= 0.6 is 0 Å². The fourth-order valence-electron chi connectivity index (χ4n) is 4.64. The fraction of sp³-hybridized carbons (Fsp3) is 0.321. The van der Waals surface area contributed by atoms with Crippen molar-refractivity contribution in [2.75, 3.05) is 25.4 Å². The second-order valence-corrected chi connectivity index (χ2v) is 10.5. The van der Waals surface area contributed by atoms with Crippen LogP contribution in [-0.4, -0.2) is 71.8 Å².